The Bertz CT molecular complexity index is 920. The molecule has 112 valence electrons. The topological polar surface area (TPSA) is 52.8 Å². The Hall–Kier alpha value is -3.21. The predicted octanol–water partition coefficient (Wildman–Crippen LogP) is 3.39. The van der Waals surface area contributed by atoms with Gasteiger partial charge in [-0.05, 0) is 17.7 Å². The van der Waals surface area contributed by atoms with Crippen LogP contribution in [0, 0.1) is 0 Å². The van der Waals surface area contributed by atoms with E-state index in [4.69, 9.17) is 4.74 Å². The summed E-state index contributed by atoms with van der Waals surface area (Å²) in [5.74, 6) is 0.494. The third-order valence-electron chi connectivity index (χ3n) is 3.48. The first-order chi connectivity index (χ1) is 11.4. The number of benzene rings is 2. The molecule has 0 saturated carbocycles. The van der Waals surface area contributed by atoms with Crippen LogP contribution in [0.4, 0.5) is 0 Å². The Morgan fingerprint density at radius 1 is 0.870 bits per heavy atom. The minimum absolute atomic E-state index is 0.466. The second-order valence-electron chi connectivity index (χ2n) is 5.08. The minimum Gasteiger partial charge on any atom is -0.472 e. The van der Waals surface area contributed by atoms with Crippen molar-refractivity contribution in [2.24, 2.45) is 0 Å². The van der Waals surface area contributed by atoms with E-state index in [-0.39, 0.29) is 0 Å². The van der Waals surface area contributed by atoms with Crippen molar-refractivity contribution < 1.29 is 4.74 Å². The van der Waals surface area contributed by atoms with E-state index in [2.05, 4.69) is 15.1 Å². The number of ether oxygens (including phenoxy) is 1. The van der Waals surface area contributed by atoms with Gasteiger partial charge in [-0.3, -0.25) is 0 Å². The maximum Gasteiger partial charge on any atom is 0.233 e. The molecular weight excluding hydrogens is 288 g/mol. The van der Waals surface area contributed by atoms with Crippen molar-refractivity contribution in [2.45, 2.75) is 6.61 Å². The maximum atomic E-state index is 5.70. The van der Waals surface area contributed by atoms with Gasteiger partial charge in [-0.1, -0.05) is 48.5 Å². The number of rotatable bonds is 4. The zero-order valence-electron chi connectivity index (χ0n) is 12.3. The SMILES string of the molecule is c1ccc(COc2cnc3c(cnn3-c3ccccc3)n2)cc1. The molecule has 0 amide bonds. The zero-order valence-corrected chi connectivity index (χ0v) is 12.3. The van der Waals surface area contributed by atoms with Gasteiger partial charge in [0.15, 0.2) is 5.65 Å². The van der Waals surface area contributed by atoms with Crippen LogP contribution in [0.15, 0.2) is 73.1 Å². The first-order valence-corrected chi connectivity index (χ1v) is 7.33. The molecule has 5 nitrogen and oxygen atoms in total. The summed E-state index contributed by atoms with van der Waals surface area (Å²) in [5, 5.41) is 4.36. The van der Waals surface area contributed by atoms with Crippen molar-refractivity contribution in [3.05, 3.63) is 78.6 Å². The molecular formula is C18H14N4O. The average Bonchev–Trinajstić information content (AvgIpc) is 3.05. The van der Waals surface area contributed by atoms with Gasteiger partial charge in [0.05, 0.1) is 18.1 Å². The van der Waals surface area contributed by atoms with Crippen LogP contribution in [0.3, 0.4) is 0 Å². The number of para-hydroxylation sites is 1. The molecule has 0 aliphatic rings. The quantitative estimate of drug-likeness (QED) is 0.580. The summed E-state index contributed by atoms with van der Waals surface area (Å²) < 4.78 is 7.47. The molecule has 0 atom stereocenters. The number of fused-ring (bicyclic) bond motifs is 1. The molecule has 23 heavy (non-hydrogen) atoms. The van der Waals surface area contributed by atoms with E-state index in [1.54, 1.807) is 17.1 Å². The van der Waals surface area contributed by atoms with Crippen LogP contribution in [-0.4, -0.2) is 19.7 Å². The summed E-state index contributed by atoms with van der Waals surface area (Å²) in [6, 6.07) is 19.8. The van der Waals surface area contributed by atoms with Gasteiger partial charge in [0.25, 0.3) is 0 Å². The third kappa shape index (κ3) is 2.76. The highest BCUT2D eigenvalue weighted by Crippen LogP contribution is 2.17. The third-order valence-corrected chi connectivity index (χ3v) is 3.48. The van der Waals surface area contributed by atoms with E-state index in [1.165, 1.54) is 0 Å². The lowest BCUT2D eigenvalue weighted by molar-refractivity contribution is 0.294. The largest absolute Gasteiger partial charge is 0.472 e. The van der Waals surface area contributed by atoms with Gasteiger partial charge in [0.2, 0.25) is 5.88 Å². The summed E-state index contributed by atoms with van der Waals surface area (Å²) in [5.41, 5.74) is 3.46. The Morgan fingerprint density at radius 2 is 1.61 bits per heavy atom. The fourth-order valence-corrected chi connectivity index (χ4v) is 2.36. The Labute approximate surface area is 133 Å². The first kappa shape index (κ1) is 13.5. The molecule has 0 aliphatic heterocycles. The summed E-state index contributed by atoms with van der Waals surface area (Å²) >= 11 is 0. The van der Waals surface area contributed by atoms with Crippen LogP contribution in [0.1, 0.15) is 5.56 Å². The van der Waals surface area contributed by atoms with Crippen molar-refractivity contribution in [3.63, 3.8) is 0 Å². The van der Waals surface area contributed by atoms with E-state index < -0.39 is 0 Å². The molecule has 4 rings (SSSR count). The molecule has 0 fully saturated rings. The molecule has 0 aliphatic carbocycles. The molecule has 4 aromatic rings. The van der Waals surface area contributed by atoms with E-state index in [0.717, 1.165) is 11.3 Å². The lowest BCUT2D eigenvalue weighted by atomic mass is 10.2. The van der Waals surface area contributed by atoms with E-state index in [9.17, 15) is 0 Å². The molecule has 2 aromatic carbocycles. The highest BCUT2D eigenvalue weighted by Gasteiger charge is 2.08. The normalized spacial score (nSPS) is 10.8. The van der Waals surface area contributed by atoms with Gasteiger partial charge in [-0.15, -0.1) is 0 Å². The first-order valence-electron chi connectivity index (χ1n) is 7.33. The lowest BCUT2D eigenvalue weighted by Crippen LogP contribution is -2.00. The zero-order chi connectivity index (χ0) is 15.5. The molecule has 5 heteroatoms. The van der Waals surface area contributed by atoms with Crippen molar-refractivity contribution >= 4 is 11.2 Å². The van der Waals surface area contributed by atoms with Crippen molar-refractivity contribution in [1.29, 1.82) is 0 Å². The summed E-state index contributed by atoms with van der Waals surface area (Å²) in [7, 11) is 0. The monoisotopic (exact) mass is 302 g/mol. The molecule has 0 radical (unpaired) electrons. The smallest absolute Gasteiger partial charge is 0.233 e. The van der Waals surface area contributed by atoms with Crippen LogP contribution in [0.25, 0.3) is 16.9 Å². The minimum atomic E-state index is 0.466. The lowest BCUT2D eigenvalue weighted by Gasteiger charge is -2.05. The Morgan fingerprint density at radius 3 is 2.39 bits per heavy atom. The average molecular weight is 302 g/mol. The molecule has 0 N–H and O–H groups in total. The Kier molecular flexibility index (Phi) is 3.44. The molecule has 0 unspecified atom stereocenters. The predicted molar refractivity (Wildman–Crippen MR) is 87.4 cm³/mol. The highest BCUT2D eigenvalue weighted by molar-refractivity contribution is 5.71. The standard InChI is InChI=1S/C18H14N4O/c1-3-7-14(8-4-1)13-23-17-12-19-18-16(21-17)11-20-22(18)15-9-5-2-6-10-15/h1-12H,13H2. The fourth-order valence-electron chi connectivity index (χ4n) is 2.36. The number of aromatic nitrogens is 4. The Balaban J connectivity index is 1.60. The fraction of sp³-hybridized carbons (Fsp3) is 0.0556. The number of hydrogen-bond acceptors (Lipinski definition) is 4. The van der Waals surface area contributed by atoms with Crippen LogP contribution < -0.4 is 4.74 Å². The van der Waals surface area contributed by atoms with E-state index in [1.807, 2.05) is 60.7 Å². The van der Waals surface area contributed by atoms with Gasteiger partial charge >= 0.3 is 0 Å². The van der Waals surface area contributed by atoms with Gasteiger partial charge < -0.3 is 4.74 Å². The molecule has 0 saturated heterocycles. The second-order valence-corrected chi connectivity index (χ2v) is 5.08. The number of hydrogen-bond donors (Lipinski definition) is 0. The van der Waals surface area contributed by atoms with Gasteiger partial charge in [0, 0.05) is 0 Å². The van der Waals surface area contributed by atoms with Crippen LogP contribution in [0.5, 0.6) is 5.88 Å². The van der Waals surface area contributed by atoms with Gasteiger partial charge in [-0.25, -0.2) is 14.6 Å². The van der Waals surface area contributed by atoms with Crippen molar-refractivity contribution in [3.8, 4) is 11.6 Å². The van der Waals surface area contributed by atoms with E-state index >= 15 is 0 Å². The van der Waals surface area contributed by atoms with Gasteiger partial charge in [0.1, 0.15) is 12.1 Å². The summed E-state index contributed by atoms with van der Waals surface area (Å²) in [6.45, 7) is 0.466. The highest BCUT2D eigenvalue weighted by atomic mass is 16.5. The summed E-state index contributed by atoms with van der Waals surface area (Å²) in [6.07, 6.45) is 3.33. The maximum absolute atomic E-state index is 5.70. The van der Waals surface area contributed by atoms with Crippen LogP contribution in [-0.2, 0) is 6.61 Å². The molecule has 0 spiro atoms. The van der Waals surface area contributed by atoms with Gasteiger partial charge in [-0.2, -0.15) is 5.10 Å². The van der Waals surface area contributed by atoms with Crippen LogP contribution >= 0.6 is 0 Å². The number of nitrogens with zero attached hydrogens (tertiary/aromatic N) is 4. The van der Waals surface area contributed by atoms with Crippen molar-refractivity contribution in [1.82, 2.24) is 19.7 Å². The van der Waals surface area contributed by atoms with E-state index in [0.29, 0.717) is 23.7 Å². The second kappa shape index (κ2) is 5.88. The van der Waals surface area contributed by atoms with Crippen LogP contribution in [0.2, 0.25) is 0 Å². The van der Waals surface area contributed by atoms with Crippen molar-refractivity contribution in [2.75, 3.05) is 0 Å². The molecule has 0 bridgehead atoms. The molecule has 2 aromatic heterocycles. The molecule has 2 heterocycles. The summed E-state index contributed by atoms with van der Waals surface area (Å²) in [4.78, 5) is 8.91.